The minimum absolute atomic E-state index is 0.305. The number of rotatable bonds is 2. The highest BCUT2D eigenvalue weighted by Gasteiger charge is 2.43. The van der Waals surface area contributed by atoms with Gasteiger partial charge in [-0.15, -0.1) is 0 Å². The van der Waals surface area contributed by atoms with Crippen LogP contribution in [0.4, 0.5) is 0 Å². The topological polar surface area (TPSA) is 32.3 Å². The van der Waals surface area contributed by atoms with Gasteiger partial charge in [-0.3, -0.25) is 10.1 Å². The van der Waals surface area contributed by atoms with Crippen molar-refractivity contribution in [3.8, 4) is 0 Å². The zero-order valence-electron chi connectivity index (χ0n) is 10.8. The summed E-state index contributed by atoms with van der Waals surface area (Å²) in [6.07, 6.45) is 5.87. The maximum Gasteiger partial charge on any atom is 0.243 e. The molecule has 3 atom stereocenters. The van der Waals surface area contributed by atoms with E-state index < -0.39 is 0 Å². The van der Waals surface area contributed by atoms with Crippen LogP contribution in [0.3, 0.4) is 0 Å². The van der Waals surface area contributed by atoms with E-state index in [-0.39, 0.29) is 5.54 Å². The number of carbonyl (C=O) groups excluding carboxylic acids is 1. The van der Waals surface area contributed by atoms with E-state index >= 15 is 0 Å². The zero-order chi connectivity index (χ0) is 11.8. The van der Waals surface area contributed by atoms with E-state index in [1.807, 2.05) is 6.92 Å². The van der Waals surface area contributed by atoms with E-state index in [0.29, 0.717) is 11.9 Å². The molecule has 3 unspecified atom stereocenters. The Labute approximate surface area is 98.6 Å². The second-order valence-electron chi connectivity index (χ2n) is 5.72. The standard InChI is InChI=1S/C13H24N2O/c1-4-13(3)12(16)15(9-14-13)11-7-5-6-10(2)8-11/h10-11,14H,4-9H2,1-3H3. The lowest BCUT2D eigenvalue weighted by Gasteiger charge is -2.34. The highest BCUT2D eigenvalue weighted by Crippen LogP contribution is 2.31. The van der Waals surface area contributed by atoms with Gasteiger partial charge < -0.3 is 4.90 Å². The van der Waals surface area contributed by atoms with Crippen LogP contribution in [0.25, 0.3) is 0 Å². The molecule has 0 bridgehead atoms. The van der Waals surface area contributed by atoms with E-state index in [1.54, 1.807) is 0 Å². The average molecular weight is 224 g/mol. The molecule has 1 amide bonds. The first-order valence-electron chi connectivity index (χ1n) is 6.63. The summed E-state index contributed by atoms with van der Waals surface area (Å²) in [5.41, 5.74) is -0.305. The quantitative estimate of drug-likeness (QED) is 0.779. The van der Waals surface area contributed by atoms with Crippen molar-refractivity contribution in [2.45, 2.75) is 64.5 Å². The third-order valence-corrected chi connectivity index (χ3v) is 4.43. The van der Waals surface area contributed by atoms with Gasteiger partial charge in [-0.2, -0.15) is 0 Å². The Hall–Kier alpha value is -0.570. The second-order valence-corrected chi connectivity index (χ2v) is 5.72. The number of hydrogen-bond acceptors (Lipinski definition) is 2. The van der Waals surface area contributed by atoms with E-state index in [4.69, 9.17) is 0 Å². The summed E-state index contributed by atoms with van der Waals surface area (Å²) in [5.74, 6) is 1.09. The summed E-state index contributed by atoms with van der Waals surface area (Å²) in [7, 11) is 0. The molecule has 0 aromatic heterocycles. The number of hydrogen-bond donors (Lipinski definition) is 1. The van der Waals surface area contributed by atoms with Gasteiger partial charge in [-0.1, -0.05) is 26.7 Å². The van der Waals surface area contributed by atoms with Gasteiger partial charge in [-0.05, 0) is 32.1 Å². The fourth-order valence-corrected chi connectivity index (χ4v) is 2.98. The highest BCUT2D eigenvalue weighted by molar-refractivity contribution is 5.88. The lowest BCUT2D eigenvalue weighted by atomic mass is 9.86. The van der Waals surface area contributed by atoms with E-state index in [9.17, 15) is 4.79 Å². The van der Waals surface area contributed by atoms with Crippen LogP contribution < -0.4 is 5.32 Å². The molecular weight excluding hydrogens is 200 g/mol. The number of nitrogens with zero attached hydrogens (tertiary/aromatic N) is 1. The van der Waals surface area contributed by atoms with Crippen LogP contribution in [-0.2, 0) is 4.79 Å². The zero-order valence-corrected chi connectivity index (χ0v) is 10.8. The van der Waals surface area contributed by atoms with Crippen LogP contribution in [-0.4, -0.2) is 29.1 Å². The van der Waals surface area contributed by atoms with E-state index in [2.05, 4.69) is 24.1 Å². The molecule has 1 saturated carbocycles. The first-order valence-corrected chi connectivity index (χ1v) is 6.63. The van der Waals surface area contributed by atoms with Gasteiger partial charge in [-0.25, -0.2) is 0 Å². The molecule has 1 N–H and O–H groups in total. The number of carbonyl (C=O) groups is 1. The second kappa shape index (κ2) is 4.36. The van der Waals surface area contributed by atoms with Gasteiger partial charge in [0.1, 0.15) is 0 Å². The van der Waals surface area contributed by atoms with Crippen LogP contribution in [0.5, 0.6) is 0 Å². The first kappa shape index (κ1) is 11.9. The van der Waals surface area contributed by atoms with Crippen LogP contribution in [0, 0.1) is 5.92 Å². The fourth-order valence-electron chi connectivity index (χ4n) is 2.98. The molecule has 2 aliphatic rings. The maximum absolute atomic E-state index is 12.3. The summed E-state index contributed by atoms with van der Waals surface area (Å²) >= 11 is 0. The van der Waals surface area contributed by atoms with Crippen LogP contribution >= 0.6 is 0 Å². The van der Waals surface area contributed by atoms with Crippen molar-refractivity contribution in [3.63, 3.8) is 0 Å². The molecule has 92 valence electrons. The van der Waals surface area contributed by atoms with Gasteiger partial charge in [0.05, 0.1) is 12.2 Å². The van der Waals surface area contributed by atoms with Crippen molar-refractivity contribution in [3.05, 3.63) is 0 Å². The molecule has 0 spiro atoms. The predicted molar refractivity (Wildman–Crippen MR) is 65.0 cm³/mol. The van der Waals surface area contributed by atoms with Gasteiger partial charge in [0.25, 0.3) is 0 Å². The van der Waals surface area contributed by atoms with Gasteiger partial charge in [0.2, 0.25) is 5.91 Å². The molecule has 1 aliphatic carbocycles. The van der Waals surface area contributed by atoms with Crippen molar-refractivity contribution < 1.29 is 4.79 Å². The maximum atomic E-state index is 12.3. The van der Waals surface area contributed by atoms with Crippen molar-refractivity contribution in [1.29, 1.82) is 0 Å². The molecule has 0 aromatic rings. The monoisotopic (exact) mass is 224 g/mol. The first-order chi connectivity index (χ1) is 7.57. The highest BCUT2D eigenvalue weighted by atomic mass is 16.2. The van der Waals surface area contributed by atoms with E-state index in [1.165, 1.54) is 25.7 Å². The molecule has 2 fully saturated rings. The summed E-state index contributed by atoms with van der Waals surface area (Å²) in [4.78, 5) is 14.4. The molecule has 0 radical (unpaired) electrons. The Balaban J connectivity index is 2.03. The molecule has 2 rings (SSSR count). The Morgan fingerprint density at radius 3 is 2.81 bits per heavy atom. The third kappa shape index (κ3) is 1.97. The minimum Gasteiger partial charge on any atom is -0.325 e. The minimum atomic E-state index is -0.305. The van der Waals surface area contributed by atoms with Crippen molar-refractivity contribution in [2.24, 2.45) is 5.92 Å². The van der Waals surface area contributed by atoms with Crippen molar-refractivity contribution >= 4 is 5.91 Å². The average Bonchev–Trinajstić information content (AvgIpc) is 2.57. The molecule has 1 saturated heterocycles. The lowest BCUT2D eigenvalue weighted by Crippen LogP contribution is -2.45. The van der Waals surface area contributed by atoms with Crippen LogP contribution in [0.15, 0.2) is 0 Å². The summed E-state index contributed by atoms with van der Waals surface area (Å²) in [5, 5.41) is 3.37. The third-order valence-electron chi connectivity index (χ3n) is 4.43. The predicted octanol–water partition coefficient (Wildman–Crippen LogP) is 2.12. The Kier molecular flexibility index (Phi) is 3.24. The largest absolute Gasteiger partial charge is 0.325 e. The van der Waals surface area contributed by atoms with Gasteiger partial charge >= 0.3 is 0 Å². The lowest BCUT2D eigenvalue weighted by molar-refractivity contribution is -0.134. The summed E-state index contributed by atoms with van der Waals surface area (Å²) in [6, 6.07) is 0.483. The fraction of sp³-hybridized carbons (Fsp3) is 0.923. The van der Waals surface area contributed by atoms with Gasteiger partial charge in [0, 0.05) is 6.04 Å². The Morgan fingerprint density at radius 1 is 1.50 bits per heavy atom. The molecule has 16 heavy (non-hydrogen) atoms. The molecule has 0 aromatic carbocycles. The molecule has 1 heterocycles. The number of amides is 1. The number of nitrogens with one attached hydrogen (secondary N) is 1. The van der Waals surface area contributed by atoms with E-state index in [0.717, 1.165) is 19.0 Å². The molecule has 3 heteroatoms. The summed E-state index contributed by atoms with van der Waals surface area (Å²) < 4.78 is 0. The molecule has 3 nitrogen and oxygen atoms in total. The SMILES string of the molecule is CCC1(C)NCN(C2CCCC(C)C2)C1=O. The molecular formula is C13H24N2O. The van der Waals surface area contributed by atoms with Crippen molar-refractivity contribution in [1.82, 2.24) is 10.2 Å². The summed E-state index contributed by atoms with van der Waals surface area (Å²) in [6.45, 7) is 7.17. The van der Waals surface area contributed by atoms with Crippen molar-refractivity contribution in [2.75, 3.05) is 6.67 Å². The van der Waals surface area contributed by atoms with Crippen LogP contribution in [0.1, 0.15) is 52.9 Å². The van der Waals surface area contributed by atoms with Gasteiger partial charge in [0.15, 0.2) is 0 Å². The Morgan fingerprint density at radius 2 is 2.25 bits per heavy atom. The smallest absolute Gasteiger partial charge is 0.243 e. The Bertz CT molecular complexity index is 279. The molecule has 1 aliphatic heterocycles. The van der Waals surface area contributed by atoms with Crippen LogP contribution in [0.2, 0.25) is 0 Å². The normalized spacial score (nSPS) is 40.4.